The zero-order valence-electron chi connectivity index (χ0n) is 9.45. The maximum atomic E-state index is 4.41. The van der Waals surface area contributed by atoms with Crippen LogP contribution >= 0.6 is 0 Å². The first kappa shape index (κ1) is 10.6. The van der Waals surface area contributed by atoms with Gasteiger partial charge in [0.2, 0.25) is 0 Å². The summed E-state index contributed by atoms with van der Waals surface area (Å²) in [6.07, 6.45) is 7.10. The van der Waals surface area contributed by atoms with Gasteiger partial charge in [-0.15, -0.1) is 0 Å². The molecular weight excluding hydrogens is 184 g/mol. The van der Waals surface area contributed by atoms with Crippen LogP contribution in [0.25, 0.3) is 0 Å². The summed E-state index contributed by atoms with van der Waals surface area (Å²) < 4.78 is 0. The lowest BCUT2D eigenvalue weighted by Crippen LogP contribution is -2.33. The van der Waals surface area contributed by atoms with E-state index in [9.17, 15) is 0 Å². The summed E-state index contributed by atoms with van der Waals surface area (Å²) in [5.74, 6) is 0.792. The molecule has 0 amide bonds. The summed E-state index contributed by atoms with van der Waals surface area (Å²) >= 11 is 0. The van der Waals surface area contributed by atoms with Crippen molar-refractivity contribution >= 4 is 0 Å². The maximum Gasteiger partial charge on any atom is 0.0406 e. The Bertz CT molecular complexity index is 284. The zero-order valence-corrected chi connectivity index (χ0v) is 9.45. The molecule has 0 aliphatic heterocycles. The molecule has 0 saturated heterocycles. The van der Waals surface area contributed by atoms with E-state index in [2.05, 4.69) is 29.4 Å². The minimum atomic E-state index is 0.719. The van der Waals surface area contributed by atoms with Gasteiger partial charge in [-0.2, -0.15) is 0 Å². The van der Waals surface area contributed by atoms with Crippen LogP contribution in [0.2, 0.25) is 0 Å². The predicted molar refractivity (Wildman–Crippen MR) is 62.7 cm³/mol. The molecule has 1 aromatic rings. The molecule has 1 heterocycles. The van der Waals surface area contributed by atoms with Gasteiger partial charge in [0, 0.05) is 17.9 Å². The summed E-state index contributed by atoms with van der Waals surface area (Å²) in [7, 11) is 0. The van der Waals surface area contributed by atoms with Crippen LogP contribution in [0.15, 0.2) is 24.4 Å². The minimum Gasteiger partial charge on any atom is -0.314 e. The smallest absolute Gasteiger partial charge is 0.0406 e. The highest BCUT2D eigenvalue weighted by molar-refractivity contribution is 5.05. The van der Waals surface area contributed by atoms with Crippen LogP contribution in [-0.2, 0) is 6.42 Å². The quantitative estimate of drug-likeness (QED) is 0.814. The number of hydrogen-bond acceptors (Lipinski definition) is 2. The van der Waals surface area contributed by atoms with E-state index in [1.807, 2.05) is 12.3 Å². The van der Waals surface area contributed by atoms with Crippen molar-refractivity contribution in [2.45, 2.75) is 38.6 Å². The summed E-state index contributed by atoms with van der Waals surface area (Å²) in [4.78, 5) is 4.41. The van der Waals surface area contributed by atoms with E-state index in [-0.39, 0.29) is 0 Å². The molecule has 2 rings (SSSR count). The standard InChI is InChI=1S/C13H20N2/c1-2-14-13-8-5-6-11(13)10-12-7-3-4-9-15-12/h3-4,7,9,11,13-14H,2,5-6,8,10H2,1H3. The molecule has 1 fully saturated rings. The average molecular weight is 204 g/mol. The summed E-state index contributed by atoms with van der Waals surface area (Å²) in [6.45, 7) is 3.28. The molecule has 2 atom stereocenters. The maximum absolute atomic E-state index is 4.41. The fourth-order valence-electron chi connectivity index (χ4n) is 2.60. The van der Waals surface area contributed by atoms with E-state index >= 15 is 0 Å². The van der Waals surface area contributed by atoms with E-state index in [0.29, 0.717) is 0 Å². The number of nitrogens with one attached hydrogen (secondary N) is 1. The Hall–Kier alpha value is -0.890. The topological polar surface area (TPSA) is 24.9 Å². The molecular formula is C13H20N2. The lowest BCUT2D eigenvalue weighted by Gasteiger charge is -2.19. The van der Waals surface area contributed by atoms with Gasteiger partial charge in [-0.25, -0.2) is 0 Å². The highest BCUT2D eigenvalue weighted by Crippen LogP contribution is 2.28. The van der Waals surface area contributed by atoms with Crippen LogP contribution in [-0.4, -0.2) is 17.6 Å². The molecule has 2 unspecified atom stereocenters. The highest BCUT2D eigenvalue weighted by Gasteiger charge is 2.26. The van der Waals surface area contributed by atoms with Gasteiger partial charge in [0.1, 0.15) is 0 Å². The third kappa shape index (κ3) is 2.78. The Morgan fingerprint density at radius 2 is 2.33 bits per heavy atom. The molecule has 1 aliphatic rings. The van der Waals surface area contributed by atoms with Crippen LogP contribution in [0, 0.1) is 5.92 Å². The normalized spacial score (nSPS) is 25.7. The van der Waals surface area contributed by atoms with Gasteiger partial charge in [-0.1, -0.05) is 19.4 Å². The van der Waals surface area contributed by atoms with Crippen molar-refractivity contribution in [3.05, 3.63) is 30.1 Å². The third-order valence-corrected chi connectivity index (χ3v) is 3.32. The molecule has 1 N–H and O–H groups in total. The lowest BCUT2D eigenvalue weighted by atomic mass is 9.97. The van der Waals surface area contributed by atoms with Crippen LogP contribution in [0.1, 0.15) is 31.9 Å². The second-order valence-corrected chi connectivity index (χ2v) is 4.38. The number of nitrogens with zero attached hydrogens (tertiary/aromatic N) is 1. The van der Waals surface area contributed by atoms with Crippen LogP contribution in [0.3, 0.4) is 0 Å². The van der Waals surface area contributed by atoms with E-state index < -0.39 is 0 Å². The Labute approximate surface area is 92.1 Å². The van der Waals surface area contributed by atoms with Gasteiger partial charge < -0.3 is 5.32 Å². The molecule has 1 saturated carbocycles. The second kappa shape index (κ2) is 5.26. The summed E-state index contributed by atoms with van der Waals surface area (Å²) in [5, 5.41) is 3.59. The van der Waals surface area contributed by atoms with Crippen molar-refractivity contribution in [3.63, 3.8) is 0 Å². The van der Waals surface area contributed by atoms with Crippen molar-refractivity contribution in [3.8, 4) is 0 Å². The van der Waals surface area contributed by atoms with Gasteiger partial charge in [-0.05, 0) is 43.9 Å². The van der Waals surface area contributed by atoms with Crippen LogP contribution in [0.4, 0.5) is 0 Å². The number of hydrogen-bond donors (Lipinski definition) is 1. The Morgan fingerprint density at radius 1 is 1.40 bits per heavy atom. The van der Waals surface area contributed by atoms with Gasteiger partial charge in [-0.3, -0.25) is 4.98 Å². The van der Waals surface area contributed by atoms with Crippen molar-refractivity contribution in [2.24, 2.45) is 5.92 Å². The zero-order chi connectivity index (χ0) is 10.5. The Morgan fingerprint density at radius 3 is 3.07 bits per heavy atom. The molecule has 1 aliphatic carbocycles. The average Bonchev–Trinajstić information content (AvgIpc) is 2.68. The third-order valence-electron chi connectivity index (χ3n) is 3.32. The Balaban J connectivity index is 1.93. The fraction of sp³-hybridized carbons (Fsp3) is 0.615. The van der Waals surface area contributed by atoms with E-state index in [0.717, 1.165) is 24.9 Å². The number of pyridine rings is 1. The predicted octanol–water partition coefficient (Wildman–Crippen LogP) is 2.40. The summed E-state index contributed by atoms with van der Waals surface area (Å²) in [5.41, 5.74) is 1.24. The first-order valence-electron chi connectivity index (χ1n) is 6.03. The largest absolute Gasteiger partial charge is 0.314 e. The van der Waals surface area contributed by atoms with Gasteiger partial charge >= 0.3 is 0 Å². The molecule has 0 radical (unpaired) electrons. The first-order valence-corrected chi connectivity index (χ1v) is 6.03. The molecule has 0 aromatic carbocycles. The van der Waals surface area contributed by atoms with Crippen LogP contribution in [0.5, 0.6) is 0 Å². The van der Waals surface area contributed by atoms with Gasteiger partial charge in [0.05, 0.1) is 0 Å². The van der Waals surface area contributed by atoms with Gasteiger partial charge in [0.25, 0.3) is 0 Å². The highest BCUT2D eigenvalue weighted by atomic mass is 14.9. The van der Waals surface area contributed by atoms with Crippen molar-refractivity contribution in [1.29, 1.82) is 0 Å². The first-order chi connectivity index (χ1) is 7.40. The molecule has 2 nitrogen and oxygen atoms in total. The van der Waals surface area contributed by atoms with Crippen molar-refractivity contribution in [2.75, 3.05) is 6.54 Å². The van der Waals surface area contributed by atoms with Crippen molar-refractivity contribution < 1.29 is 0 Å². The van der Waals surface area contributed by atoms with E-state index in [4.69, 9.17) is 0 Å². The van der Waals surface area contributed by atoms with Gasteiger partial charge in [0.15, 0.2) is 0 Å². The number of aromatic nitrogens is 1. The molecule has 82 valence electrons. The molecule has 1 aromatic heterocycles. The molecule has 2 heteroatoms. The fourth-order valence-corrected chi connectivity index (χ4v) is 2.60. The Kier molecular flexibility index (Phi) is 3.73. The minimum absolute atomic E-state index is 0.719. The monoisotopic (exact) mass is 204 g/mol. The van der Waals surface area contributed by atoms with Crippen molar-refractivity contribution in [1.82, 2.24) is 10.3 Å². The summed E-state index contributed by atoms with van der Waals surface area (Å²) in [6, 6.07) is 6.93. The van der Waals surface area contributed by atoms with E-state index in [1.165, 1.54) is 25.0 Å². The molecule has 15 heavy (non-hydrogen) atoms. The molecule has 0 spiro atoms. The number of rotatable bonds is 4. The second-order valence-electron chi connectivity index (χ2n) is 4.38. The van der Waals surface area contributed by atoms with Crippen LogP contribution < -0.4 is 5.32 Å². The lowest BCUT2D eigenvalue weighted by molar-refractivity contribution is 0.403. The molecule has 0 bridgehead atoms. The SMILES string of the molecule is CCNC1CCCC1Cc1ccccn1. The van der Waals surface area contributed by atoms with E-state index in [1.54, 1.807) is 0 Å².